The summed E-state index contributed by atoms with van der Waals surface area (Å²) in [7, 11) is 0. The Morgan fingerprint density at radius 3 is 2.45 bits per heavy atom. The summed E-state index contributed by atoms with van der Waals surface area (Å²) in [5.74, 6) is 1.72. The smallest absolute Gasteiger partial charge is 0.0585 e. The highest BCUT2D eigenvalue weighted by Crippen LogP contribution is 2.34. The van der Waals surface area contributed by atoms with E-state index in [4.69, 9.17) is 0 Å². The minimum Gasteiger partial charge on any atom is -0.393 e. The van der Waals surface area contributed by atoms with Crippen LogP contribution in [-0.2, 0) is 6.54 Å². The highest BCUT2D eigenvalue weighted by molar-refractivity contribution is 5.14. The van der Waals surface area contributed by atoms with E-state index in [9.17, 15) is 5.11 Å². The molecule has 2 nitrogen and oxygen atoms in total. The first kappa shape index (κ1) is 15.5. The Kier molecular flexibility index (Phi) is 5.62. The third-order valence-corrected chi connectivity index (χ3v) is 4.81. The van der Waals surface area contributed by atoms with Crippen LogP contribution >= 0.6 is 0 Å². The van der Waals surface area contributed by atoms with Crippen molar-refractivity contribution in [2.75, 3.05) is 13.1 Å². The fraction of sp³-hybridized carbons (Fsp3) is 0.667. The first-order valence-corrected chi connectivity index (χ1v) is 8.04. The Labute approximate surface area is 123 Å². The highest BCUT2D eigenvalue weighted by Gasteiger charge is 2.33. The van der Waals surface area contributed by atoms with Crippen LogP contribution in [0.1, 0.15) is 39.2 Å². The van der Waals surface area contributed by atoms with E-state index in [1.54, 1.807) is 0 Å². The molecule has 4 atom stereocenters. The van der Waals surface area contributed by atoms with Gasteiger partial charge >= 0.3 is 0 Å². The molecular formula is C18H29NO. The summed E-state index contributed by atoms with van der Waals surface area (Å²) in [6.45, 7) is 9.83. The van der Waals surface area contributed by atoms with E-state index in [0.717, 1.165) is 26.1 Å². The van der Waals surface area contributed by atoms with Crippen LogP contribution in [0.25, 0.3) is 0 Å². The van der Waals surface area contributed by atoms with Crippen LogP contribution < -0.4 is 0 Å². The molecule has 1 fully saturated rings. The minimum atomic E-state index is -0.126. The summed E-state index contributed by atoms with van der Waals surface area (Å²) < 4.78 is 0. The summed E-state index contributed by atoms with van der Waals surface area (Å²) in [5, 5.41) is 10.4. The first-order valence-electron chi connectivity index (χ1n) is 8.04. The maximum atomic E-state index is 10.4. The van der Waals surface area contributed by atoms with Crippen LogP contribution in [0.2, 0.25) is 0 Å². The molecule has 0 radical (unpaired) electrons. The average Bonchev–Trinajstić information content (AvgIpc) is 2.42. The van der Waals surface area contributed by atoms with Crippen LogP contribution in [0, 0.1) is 17.8 Å². The van der Waals surface area contributed by atoms with E-state index in [2.05, 4.69) is 56.0 Å². The van der Waals surface area contributed by atoms with Crippen molar-refractivity contribution in [3.8, 4) is 0 Å². The summed E-state index contributed by atoms with van der Waals surface area (Å²) >= 11 is 0. The van der Waals surface area contributed by atoms with Gasteiger partial charge in [0.05, 0.1) is 6.10 Å². The second-order valence-corrected chi connectivity index (χ2v) is 6.60. The van der Waals surface area contributed by atoms with Gasteiger partial charge in [0.2, 0.25) is 0 Å². The van der Waals surface area contributed by atoms with Gasteiger partial charge < -0.3 is 5.11 Å². The van der Waals surface area contributed by atoms with Crippen molar-refractivity contribution in [3.05, 3.63) is 35.9 Å². The summed E-state index contributed by atoms with van der Waals surface area (Å²) in [5.41, 5.74) is 1.36. The number of rotatable bonds is 5. The summed E-state index contributed by atoms with van der Waals surface area (Å²) in [6, 6.07) is 10.6. The van der Waals surface area contributed by atoms with Crippen molar-refractivity contribution in [2.24, 2.45) is 17.8 Å². The lowest BCUT2D eigenvalue weighted by atomic mass is 9.73. The van der Waals surface area contributed by atoms with Gasteiger partial charge in [0.25, 0.3) is 0 Å². The zero-order chi connectivity index (χ0) is 14.5. The lowest BCUT2D eigenvalue weighted by Gasteiger charge is -2.39. The predicted octanol–water partition coefficient (Wildman–Crippen LogP) is 3.55. The Morgan fingerprint density at radius 2 is 1.85 bits per heavy atom. The number of aliphatic hydroxyl groups is 1. The van der Waals surface area contributed by atoms with Gasteiger partial charge in [-0.15, -0.1) is 0 Å². The molecule has 2 heteroatoms. The summed E-state index contributed by atoms with van der Waals surface area (Å²) in [4.78, 5) is 2.47. The van der Waals surface area contributed by atoms with E-state index in [1.807, 2.05) is 0 Å². The van der Waals surface area contributed by atoms with Crippen molar-refractivity contribution in [2.45, 2.75) is 46.3 Å². The van der Waals surface area contributed by atoms with E-state index in [-0.39, 0.29) is 6.10 Å². The molecular weight excluding hydrogens is 246 g/mol. The molecule has 4 unspecified atom stereocenters. The number of benzene rings is 1. The highest BCUT2D eigenvalue weighted by atomic mass is 16.3. The minimum absolute atomic E-state index is 0.126. The SMILES string of the molecule is CCN(Cc1ccccc1)CC1C(C)CC(C)CC1O. The van der Waals surface area contributed by atoms with E-state index < -0.39 is 0 Å². The van der Waals surface area contributed by atoms with Crippen molar-refractivity contribution in [1.82, 2.24) is 4.90 Å². The van der Waals surface area contributed by atoms with Crippen LogP contribution in [0.4, 0.5) is 0 Å². The number of hydrogen-bond donors (Lipinski definition) is 1. The van der Waals surface area contributed by atoms with Crippen LogP contribution in [0.5, 0.6) is 0 Å². The van der Waals surface area contributed by atoms with E-state index in [1.165, 1.54) is 12.0 Å². The molecule has 112 valence electrons. The second-order valence-electron chi connectivity index (χ2n) is 6.60. The van der Waals surface area contributed by atoms with Crippen LogP contribution in [0.3, 0.4) is 0 Å². The average molecular weight is 275 g/mol. The number of nitrogens with zero attached hydrogens (tertiary/aromatic N) is 1. The van der Waals surface area contributed by atoms with Gasteiger partial charge in [-0.1, -0.05) is 51.1 Å². The number of hydrogen-bond acceptors (Lipinski definition) is 2. The van der Waals surface area contributed by atoms with Crippen molar-refractivity contribution < 1.29 is 5.11 Å². The van der Waals surface area contributed by atoms with Gasteiger partial charge in [0.15, 0.2) is 0 Å². The predicted molar refractivity (Wildman–Crippen MR) is 84.5 cm³/mol. The van der Waals surface area contributed by atoms with Gasteiger partial charge in [-0.3, -0.25) is 4.90 Å². The van der Waals surface area contributed by atoms with Gasteiger partial charge in [0, 0.05) is 19.0 Å². The van der Waals surface area contributed by atoms with Crippen LogP contribution in [-0.4, -0.2) is 29.2 Å². The third-order valence-electron chi connectivity index (χ3n) is 4.81. The molecule has 1 saturated carbocycles. The lowest BCUT2D eigenvalue weighted by Crippen LogP contribution is -2.42. The van der Waals surface area contributed by atoms with Gasteiger partial charge in [-0.05, 0) is 36.8 Å². The molecule has 1 aromatic rings. The van der Waals surface area contributed by atoms with Gasteiger partial charge in [-0.2, -0.15) is 0 Å². The molecule has 1 aliphatic rings. The molecule has 0 aliphatic heterocycles. The molecule has 1 N–H and O–H groups in total. The largest absolute Gasteiger partial charge is 0.393 e. The zero-order valence-corrected chi connectivity index (χ0v) is 13.1. The Hall–Kier alpha value is -0.860. The zero-order valence-electron chi connectivity index (χ0n) is 13.1. The van der Waals surface area contributed by atoms with Gasteiger partial charge in [-0.25, -0.2) is 0 Å². The van der Waals surface area contributed by atoms with Crippen LogP contribution in [0.15, 0.2) is 30.3 Å². The maximum Gasteiger partial charge on any atom is 0.0585 e. The fourth-order valence-electron chi connectivity index (χ4n) is 3.62. The molecule has 0 aromatic heterocycles. The van der Waals surface area contributed by atoms with Crippen molar-refractivity contribution >= 4 is 0 Å². The molecule has 1 aromatic carbocycles. The molecule has 1 aliphatic carbocycles. The molecule has 2 rings (SSSR count). The topological polar surface area (TPSA) is 23.5 Å². The quantitative estimate of drug-likeness (QED) is 0.888. The normalized spacial score (nSPS) is 30.6. The van der Waals surface area contributed by atoms with Crippen molar-refractivity contribution in [3.63, 3.8) is 0 Å². The molecule has 0 amide bonds. The fourth-order valence-corrected chi connectivity index (χ4v) is 3.62. The third kappa shape index (κ3) is 4.07. The van der Waals surface area contributed by atoms with E-state index in [0.29, 0.717) is 17.8 Å². The Balaban J connectivity index is 1.95. The number of aliphatic hydroxyl groups excluding tert-OH is 1. The van der Waals surface area contributed by atoms with Gasteiger partial charge in [0.1, 0.15) is 0 Å². The Bertz CT molecular complexity index is 380. The molecule has 0 saturated heterocycles. The van der Waals surface area contributed by atoms with Crippen molar-refractivity contribution in [1.29, 1.82) is 0 Å². The summed E-state index contributed by atoms with van der Waals surface area (Å²) in [6.07, 6.45) is 2.10. The lowest BCUT2D eigenvalue weighted by molar-refractivity contribution is -0.00252. The molecule has 0 heterocycles. The monoisotopic (exact) mass is 275 g/mol. The molecule has 0 bridgehead atoms. The molecule has 0 spiro atoms. The second kappa shape index (κ2) is 7.24. The first-order chi connectivity index (χ1) is 9.60. The molecule has 20 heavy (non-hydrogen) atoms. The maximum absolute atomic E-state index is 10.4. The van der Waals surface area contributed by atoms with E-state index >= 15 is 0 Å². The standard InChI is InChI=1S/C18H29NO/c1-4-19(12-16-8-6-5-7-9-16)13-17-15(3)10-14(2)11-18(17)20/h5-9,14-15,17-18,20H,4,10-13H2,1-3H3. The Morgan fingerprint density at radius 1 is 1.15 bits per heavy atom.